The van der Waals surface area contributed by atoms with E-state index in [1.165, 1.54) is 116 Å². The highest BCUT2D eigenvalue weighted by molar-refractivity contribution is 5.69. The van der Waals surface area contributed by atoms with Crippen LogP contribution >= 0.6 is 0 Å². The third kappa shape index (κ3) is 11.0. The smallest absolute Gasteiger partial charge is 0.306 e. The van der Waals surface area contributed by atoms with Crippen molar-refractivity contribution in [3.63, 3.8) is 0 Å². The van der Waals surface area contributed by atoms with Crippen molar-refractivity contribution in [2.45, 2.75) is 209 Å². The number of allylic oxidation sites excluding steroid dienone is 4. The van der Waals surface area contributed by atoms with Crippen LogP contribution in [0.3, 0.4) is 0 Å². The van der Waals surface area contributed by atoms with Crippen LogP contribution in [0.5, 0.6) is 0 Å². The Kier molecular flexibility index (Phi) is 16.8. The summed E-state index contributed by atoms with van der Waals surface area (Å²) in [4.78, 5) is 12.9. The van der Waals surface area contributed by atoms with Gasteiger partial charge < -0.3 is 4.74 Å². The minimum absolute atomic E-state index is 0.0752. The van der Waals surface area contributed by atoms with E-state index < -0.39 is 0 Å². The summed E-state index contributed by atoms with van der Waals surface area (Å²) >= 11 is 0. The fraction of sp³-hybridized carbons (Fsp3) is 0.894. The number of rotatable bonds is 21. The lowest BCUT2D eigenvalue weighted by Crippen LogP contribution is -2.54. The van der Waals surface area contributed by atoms with Gasteiger partial charge in [-0.25, -0.2) is 0 Å². The van der Waals surface area contributed by atoms with Gasteiger partial charge in [-0.05, 0) is 161 Å². The first kappa shape index (κ1) is 40.7. The predicted molar refractivity (Wildman–Crippen MR) is 211 cm³/mol. The lowest BCUT2D eigenvalue weighted by molar-refractivity contribution is -0.162. The summed E-state index contributed by atoms with van der Waals surface area (Å²) in [5.74, 6) is 7.14. The van der Waals surface area contributed by atoms with Crippen LogP contribution in [-0.4, -0.2) is 12.1 Å². The van der Waals surface area contributed by atoms with Gasteiger partial charge in [0.2, 0.25) is 0 Å². The zero-order valence-electron chi connectivity index (χ0n) is 33.8. The number of hydrogen-bond donors (Lipinski definition) is 0. The summed E-state index contributed by atoms with van der Waals surface area (Å²) in [7, 11) is 0. The molecule has 0 saturated heterocycles. The Hall–Kier alpha value is -1.05. The van der Waals surface area contributed by atoms with Crippen molar-refractivity contribution in [2.75, 3.05) is 0 Å². The first-order chi connectivity index (χ1) is 23.6. The Labute approximate surface area is 305 Å². The van der Waals surface area contributed by atoms with Crippen molar-refractivity contribution in [3.8, 4) is 0 Å². The molecule has 0 amide bonds. The summed E-state index contributed by atoms with van der Waals surface area (Å²) in [6.45, 7) is 17.6. The van der Waals surface area contributed by atoms with Gasteiger partial charge in [0.05, 0.1) is 0 Å². The molecule has 2 heteroatoms. The molecule has 4 rings (SSSR count). The van der Waals surface area contributed by atoms with E-state index in [2.05, 4.69) is 72.8 Å². The largest absolute Gasteiger partial charge is 0.462 e. The molecule has 49 heavy (non-hydrogen) atoms. The summed E-state index contributed by atoms with van der Waals surface area (Å²) in [5.41, 5.74) is 1.03. The van der Waals surface area contributed by atoms with Crippen LogP contribution in [0.25, 0.3) is 0 Å². The van der Waals surface area contributed by atoms with Gasteiger partial charge >= 0.3 is 5.97 Å². The molecule has 10 atom stereocenters. The number of carbonyl (C=O) groups is 1. The zero-order valence-corrected chi connectivity index (χ0v) is 33.8. The standard InChI is InChI=1S/C47H82O2/c1-8-10-11-12-13-14-15-16-17-18-19-20-21-22-23-24-45(48)49-40-31-33-46(6)39(35-40)27-28-41-43-30-29-42(47(43,7)34-32-44(41)46)37(5)25-26-38(9-2)36(3)4/h13-14,16-17,36-44H,8-12,15,18-35H2,1-7H3/t37-,38-,39?,40?,41+,42-,43+,44+,46+,47-/m1/s1. The molecule has 0 heterocycles. The second-order valence-electron chi connectivity index (χ2n) is 18.7. The van der Waals surface area contributed by atoms with Gasteiger partial charge in [0.15, 0.2) is 0 Å². The van der Waals surface area contributed by atoms with Gasteiger partial charge in [-0.1, -0.05) is 118 Å². The molecule has 0 aliphatic heterocycles. The van der Waals surface area contributed by atoms with E-state index in [1.807, 2.05) is 0 Å². The molecular weight excluding hydrogens is 597 g/mol. The number of esters is 1. The molecule has 2 unspecified atom stereocenters. The Morgan fingerprint density at radius 2 is 1.41 bits per heavy atom. The maximum Gasteiger partial charge on any atom is 0.306 e. The molecule has 4 saturated carbocycles. The van der Waals surface area contributed by atoms with Crippen molar-refractivity contribution < 1.29 is 9.53 Å². The first-order valence-electron chi connectivity index (χ1n) is 22.1. The van der Waals surface area contributed by atoms with Crippen molar-refractivity contribution in [1.29, 1.82) is 0 Å². The predicted octanol–water partition coefficient (Wildman–Crippen LogP) is 14.5. The summed E-state index contributed by atoms with van der Waals surface area (Å²) in [6, 6.07) is 0. The average molecular weight is 679 g/mol. The minimum Gasteiger partial charge on any atom is -0.462 e. The fourth-order valence-corrected chi connectivity index (χ4v) is 12.3. The van der Waals surface area contributed by atoms with Crippen LogP contribution in [0.4, 0.5) is 0 Å². The Bertz CT molecular complexity index is 1010. The molecular formula is C47H82O2. The molecule has 0 aromatic rings. The van der Waals surface area contributed by atoms with E-state index >= 15 is 0 Å². The lowest BCUT2D eigenvalue weighted by atomic mass is 9.44. The molecule has 2 nitrogen and oxygen atoms in total. The van der Waals surface area contributed by atoms with Crippen molar-refractivity contribution >= 4 is 5.97 Å². The number of hydrogen-bond acceptors (Lipinski definition) is 2. The molecule has 282 valence electrons. The monoisotopic (exact) mass is 679 g/mol. The maximum atomic E-state index is 12.9. The van der Waals surface area contributed by atoms with Crippen LogP contribution < -0.4 is 0 Å². The molecule has 0 bridgehead atoms. The van der Waals surface area contributed by atoms with Gasteiger partial charge in [-0.2, -0.15) is 0 Å². The van der Waals surface area contributed by atoms with Gasteiger partial charge in [-0.15, -0.1) is 0 Å². The SMILES string of the molecule is CCCCCC=CCC=CCCCCCCCC(=O)OC1CC[C@@]2(C)C(CC[C@H]3[C@@H]4CC[C@H]([C@H](C)CC[C@@H](CC)C(C)C)[C@@]4(C)CC[C@@H]32)C1. The maximum absolute atomic E-state index is 12.9. The lowest BCUT2D eigenvalue weighted by Gasteiger charge is -2.61. The molecule has 0 aromatic heterocycles. The van der Waals surface area contributed by atoms with Gasteiger partial charge in [0, 0.05) is 6.42 Å². The molecule has 0 spiro atoms. The third-order valence-electron chi connectivity index (χ3n) is 15.5. The topological polar surface area (TPSA) is 26.3 Å². The quantitative estimate of drug-likeness (QED) is 0.0686. The zero-order chi connectivity index (χ0) is 35.3. The molecule has 0 aromatic carbocycles. The third-order valence-corrected chi connectivity index (χ3v) is 15.5. The van der Waals surface area contributed by atoms with Crippen LogP contribution in [0.15, 0.2) is 24.3 Å². The van der Waals surface area contributed by atoms with Crippen molar-refractivity contribution in [1.82, 2.24) is 0 Å². The fourth-order valence-electron chi connectivity index (χ4n) is 12.3. The van der Waals surface area contributed by atoms with E-state index in [-0.39, 0.29) is 12.1 Å². The average Bonchev–Trinajstić information content (AvgIpc) is 3.44. The second kappa shape index (κ2) is 20.3. The van der Waals surface area contributed by atoms with Crippen LogP contribution in [0.1, 0.15) is 203 Å². The van der Waals surface area contributed by atoms with Crippen molar-refractivity contribution in [3.05, 3.63) is 24.3 Å². The molecule has 4 aliphatic carbocycles. The van der Waals surface area contributed by atoms with E-state index in [0.29, 0.717) is 17.3 Å². The van der Waals surface area contributed by atoms with Crippen LogP contribution in [0.2, 0.25) is 0 Å². The van der Waals surface area contributed by atoms with E-state index in [4.69, 9.17) is 4.74 Å². The van der Waals surface area contributed by atoms with E-state index in [1.54, 1.807) is 0 Å². The van der Waals surface area contributed by atoms with E-state index in [9.17, 15) is 4.79 Å². The van der Waals surface area contributed by atoms with Crippen molar-refractivity contribution in [2.24, 2.45) is 58.2 Å². The summed E-state index contributed by atoms with van der Waals surface area (Å²) in [5, 5.41) is 0. The second-order valence-corrected chi connectivity index (χ2v) is 18.7. The number of fused-ring (bicyclic) bond motifs is 5. The van der Waals surface area contributed by atoms with E-state index in [0.717, 1.165) is 79.4 Å². The highest BCUT2D eigenvalue weighted by Gasteiger charge is 2.60. The van der Waals surface area contributed by atoms with Gasteiger partial charge in [0.25, 0.3) is 0 Å². The number of carbonyl (C=O) groups excluding carboxylic acids is 1. The number of ether oxygens (including phenoxy) is 1. The Morgan fingerprint density at radius 1 is 0.735 bits per heavy atom. The molecule has 4 aliphatic rings. The molecule has 4 fully saturated rings. The summed E-state index contributed by atoms with van der Waals surface area (Å²) in [6.07, 6.45) is 39.9. The molecule has 0 N–H and O–H groups in total. The highest BCUT2D eigenvalue weighted by atomic mass is 16.5. The van der Waals surface area contributed by atoms with Gasteiger partial charge in [0.1, 0.15) is 6.10 Å². The minimum atomic E-state index is 0.0752. The first-order valence-corrected chi connectivity index (χ1v) is 22.1. The van der Waals surface area contributed by atoms with Crippen LogP contribution in [0, 0.1) is 58.2 Å². The normalized spacial score (nSPS) is 34.2. The Balaban J connectivity index is 1.12. The highest BCUT2D eigenvalue weighted by Crippen LogP contribution is 2.68. The number of unbranched alkanes of at least 4 members (excludes halogenated alkanes) is 8. The summed E-state index contributed by atoms with van der Waals surface area (Å²) < 4.78 is 6.18. The van der Waals surface area contributed by atoms with Crippen LogP contribution in [-0.2, 0) is 9.53 Å². The van der Waals surface area contributed by atoms with Gasteiger partial charge in [-0.3, -0.25) is 4.79 Å². The Morgan fingerprint density at radius 3 is 2.12 bits per heavy atom. The molecule has 0 radical (unpaired) electrons.